The first-order chi connectivity index (χ1) is 17.8. The number of likely N-dealkylation sites (tertiary alicyclic amines) is 1. The summed E-state index contributed by atoms with van der Waals surface area (Å²) >= 11 is 0. The molecule has 3 N–H and O–H groups in total. The summed E-state index contributed by atoms with van der Waals surface area (Å²) in [6, 6.07) is 2.08. The number of hydrogen-bond donors (Lipinski definition) is 3. The molecule has 3 heterocycles. The van der Waals surface area contributed by atoms with Gasteiger partial charge in [-0.15, -0.1) is 0 Å². The van der Waals surface area contributed by atoms with Gasteiger partial charge in [0.15, 0.2) is 11.4 Å². The summed E-state index contributed by atoms with van der Waals surface area (Å²) in [4.78, 5) is 31.7. The van der Waals surface area contributed by atoms with Gasteiger partial charge < -0.3 is 20.1 Å². The Labute approximate surface area is 217 Å². The number of aromatic amines is 1. The van der Waals surface area contributed by atoms with E-state index >= 15 is 0 Å². The summed E-state index contributed by atoms with van der Waals surface area (Å²) < 4.78 is 58.5. The van der Waals surface area contributed by atoms with E-state index in [0.29, 0.717) is 6.42 Å². The minimum atomic E-state index is -4.69. The fraction of sp³-hybridized carbons (Fsp3) is 0.600. The van der Waals surface area contributed by atoms with Crippen LogP contribution in [0.1, 0.15) is 56.4 Å². The van der Waals surface area contributed by atoms with Gasteiger partial charge >= 0.3 is 6.18 Å². The van der Waals surface area contributed by atoms with Gasteiger partial charge in [-0.25, -0.2) is 9.37 Å². The Morgan fingerprint density at radius 2 is 1.92 bits per heavy atom. The SMILES string of the molecule is COc1cc(-c2cc(C(=O)N3C[C@@H](C)C(C(=O)NC4CCC(O)(C(F)(F)F)CC4)C[C@H]3C)[nH]n2)c(F)cn1. The topological polar surface area (TPSA) is 120 Å². The highest BCUT2D eigenvalue weighted by molar-refractivity contribution is 5.94. The number of rotatable bonds is 5. The molecule has 0 spiro atoms. The number of carbonyl (C=O) groups excluding carboxylic acids is 2. The number of nitrogens with one attached hydrogen (secondary N) is 2. The van der Waals surface area contributed by atoms with Crippen molar-refractivity contribution in [1.29, 1.82) is 0 Å². The lowest BCUT2D eigenvalue weighted by molar-refractivity contribution is -0.270. The number of carbonyl (C=O) groups is 2. The second-order valence-corrected chi connectivity index (χ2v) is 10.3. The molecule has 1 unspecified atom stereocenters. The Bertz CT molecular complexity index is 1180. The van der Waals surface area contributed by atoms with Crippen molar-refractivity contribution in [3.8, 4) is 17.1 Å². The van der Waals surface area contributed by atoms with Crippen molar-refractivity contribution >= 4 is 11.8 Å². The lowest BCUT2D eigenvalue weighted by atomic mass is 9.80. The Balaban J connectivity index is 1.37. The third-order valence-corrected chi connectivity index (χ3v) is 7.71. The zero-order valence-corrected chi connectivity index (χ0v) is 21.3. The molecule has 1 aliphatic heterocycles. The van der Waals surface area contributed by atoms with Gasteiger partial charge in [-0.1, -0.05) is 6.92 Å². The molecule has 3 atom stereocenters. The maximum Gasteiger partial charge on any atom is 0.417 e. The quantitative estimate of drug-likeness (QED) is 0.499. The number of methoxy groups -OCH3 is 1. The molecule has 2 amide bonds. The molecule has 1 saturated carbocycles. The van der Waals surface area contributed by atoms with Crippen LogP contribution in [0.15, 0.2) is 18.3 Å². The van der Waals surface area contributed by atoms with Crippen molar-refractivity contribution in [2.45, 2.75) is 69.8 Å². The lowest BCUT2D eigenvalue weighted by Crippen LogP contribution is -2.54. The fourth-order valence-electron chi connectivity index (χ4n) is 5.28. The number of amides is 2. The van der Waals surface area contributed by atoms with Crippen molar-refractivity contribution in [2.24, 2.45) is 11.8 Å². The summed E-state index contributed by atoms with van der Waals surface area (Å²) in [7, 11) is 1.40. The molecule has 1 aliphatic carbocycles. The van der Waals surface area contributed by atoms with E-state index in [1.54, 1.807) is 4.90 Å². The van der Waals surface area contributed by atoms with Crippen molar-refractivity contribution < 1.29 is 37.0 Å². The van der Waals surface area contributed by atoms with Crippen LogP contribution in [-0.4, -0.2) is 74.5 Å². The minimum absolute atomic E-state index is 0.0368. The molecule has 1 saturated heterocycles. The van der Waals surface area contributed by atoms with Gasteiger partial charge in [-0.2, -0.15) is 18.3 Å². The molecule has 0 aromatic carbocycles. The van der Waals surface area contributed by atoms with Gasteiger partial charge in [0.05, 0.1) is 19.0 Å². The van der Waals surface area contributed by atoms with Crippen LogP contribution in [0.2, 0.25) is 0 Å². The molecule has 0 bridgehead atoms. The molecule has 0 radical (unpaired) electrons. The van der Waals surface area contributed by atoms with E-state index in [2.05, 4.69) is 20.5 Å². The van der Waals surface area contributed by atoms with E-state index < -0.39 is 42.4 Å². The molecule has 38 heavy (non-hydrogen) atoms. The summed E-state index contributed by atoms with van der Waals surface area (Å²) in [5.41, 5.74) is -2.20. The molecular formula is C25H31F4N5O4. The molecule has 2 fully saturated rings. The Kier molecular flexibility index (Phi) is 7.69. The first kappa shape index (κ1) is 27.8. The number of pyridine rings is 1. The largest absolute Gasteiger partial charge is 0.481 e. The van der Waals surface area contributed by atoms with E-state index in [9.17, 15) is 32.3 Å². The highest BCUT2D eigenvalue weighted by atomic mass is 19.4. The van der Waals surface area contributed by atoms with Crippen LogP contribution in [0.25, 0.3) is 11.3 Å². The predicted molar refractivity (Wildman–Crippen MR) is 128 cm³/mol. The van der Waals surface area contributed by atoms with Gasteiger partial charge in [0.2, 0.25) is 11.8 Å². The van der Waals surface area contributed by atoms with Crippen molar-refractivity contribution in [2.75, 3.05) is 13.7 Å². The van der Waals surface area contributed by atoms with Crippen LogP contribution < -0.4 is 10.1 Å². The summed E-state index contributed by atoms with van der Waals surface area (Å²) in [5, 5.41) is 19.4. The average molecular weight is 542 g/mol. The Morgan fingerprint density at radius 3 is 2.55 bits per heavy atom. The van der Waals surface area contributed by atoms with Gasteiger partial charge in [-0.3, -0.25) is 14.7 Å². The van der Waals surface area contributed by atoms with Crippen molar-refractivity contribution in [3.63, 3.8) is 0 Å². The smallest absolute Gasteiger partial charge is 0.417 e. The maximum atomic E-state index is 14.3. The number of hydrogen-bond acceptors (Lipinski definition) is 6. The number of aliphatic hydroxyl groups is 1. The standard InChI is InChI=1S/C25H31F4N5O4/c1-13-12-34(23(36)20-10-19(32-33-20)17-9-21(38-3)30-11-18(17)26)14(2)8-16(13)22(35)31-15-4-6-24(37,7-5-15)25(27,28)29/h9-11,13-16,37H,4-8,12H2,1-3H3,(H,31,35)(H,32,33)/t13-,14-,15?,16?,24?/m1/s1. The number of ether oxygens (including phenoxy) is 1. The molecule has 2 aromatic heterocycles. The highest BCUT2D eigenvalue weighted by Crippen LogP contribution is 2.41. The highest BCUT2D eigenvalue weighted by Gasteiger charge is 2.54. The Morgan fingerprint density at radius 1 is 1.24 bits per heavy atom. The van der Waals surface area contributed by atoms with E-state index in [1.807, 2.05) is 13.8 Å². The van der Waals surface area contributed by atoms with E-state index in [4.69, 9.17) is 4.74 Å². The molecule has 13 heteroatoms. The maximum absolute atomic E-state index is 14.3. The summed E-state index contributed by atoms with van der Waals surface area (Å²) in [5.74, 6) is -1.66. The second-order valence-electron chi connectivity index (χ2n) is 10.3. The van der Waals surface area contributed by atoms with E-state index in [1.165, 1.54) is 19.2 Å². The molecule has 2 aliphatic rings. The van der Waals surface area contributed by atoms with Crippen molar-refractivity contribution in [1.82, 2.24) is 25.4 Å². The first-order valence-corrected chi connectivity index (χ1v) is 12.5. The Hall–Kier alpha value is -3.22. The number of H-pyrrole nitrogens is 1. The first-order valence-electron chi connectivity index (χ1n) is 12.5. The van der Waals surface area contributed by atoms with Gasteiger partial charge in [0.1, 0.15) is 5.69 Å². The van der Waals surface area contributed by atoms with Gasteiger partial charge in [0.25, 0.3) is 5.91 Å². The normalized spacial score (nSPS) is 28.2. The van der Waals surface area contributed by atoms with Crippen LogP contribution in [0.3, 0.4) is 0 Å². The molecular weight excluding hydrogens is 510 g/mol. The van der Waals surface area contributed by atoms with Crippen LogP contribution in [0, 0.1) is 17.7 Å². The van der Waals surface area contributed by atoms with Crippen LogP contribution in [-0.2, 0) is 4.79 Å². The third-order valence-electron chi connectivity index (χ3n) is 7.71. The van der Waals surface area contributed by atoms with Crippen molar-refractivity contribution in [3.05, 3.63) is 29.8 Å². The molecule has 9 nitrogen and oxygen atoms in total. The zero-order chi connectivity index (χ0) is 27.8. The van der Waals surface area contributed by atoms with E-state index in [0.717, 1.165) is 6.20 Å². The van der Waals surface area contributed by atoms with Gasteiger partial charge in [0, 0.05) is 36.2 Å². The monoisotopic (exact) mass is 541 g/mol. The fourth-order valence-corrected chi connectivity index (χ4v) is 5.28. The van der Waals surface area contributed by atoms with E-state index in [-0.39, 0.29) is 66.0 Å². The summed E-state index contributed by atoms with van der Waals surface area (Å²) in [6.07, 6.45) is -4.15. The number of alkyl halides is 3. The molecule has 2 aromatic rings. The number of halogens is 4. The lowest BCUT2D eigenvalue weighted by Gasteiger charge is -2.42. The zero-order valence-electron chi connectivity index (χ0n) is 21.3. The average Bonchev–Trinajstić information content (AvgIpc) is 3.36. The van der Waals surface area contributed by atoms with Crippen LogP contribution >= 0.6 is 0 Å². The minimum Gasteiger partial charge on any atom is -0.481 e. The second kappa shape index (κ2) is 10.5. The number of piperidine rings is 1. The third kappa shape index (κ3) is 5.47. The number of nitrogens with zero attached hydrogens (tertiary/aromatic N) is 3. The number of aromatic nitrogens is 3. The predicted octanol–water partition coefficient (Wildman–Crippen LogP) is 3.46. The molecule has 4 rings (SSSR count). The van der Waals surface area contributed by atoms with Gasteiger partial charge in [-0.05, 0) is 51.0 Å². The summed E-state index contributed by atoms with van der Waals surface area (Å²) in [6.45, 7) is 3.94. The van der Waals surface area contributed by atoms with Crippen LogP contribution in [0.4, 0.5) is 17.6 Å². The molecule has 208 valence electrons. The van der Waals surface area contributed by atoms with Crippen LogP contribution in [0.5, 0.6) is 5.88 Å².